The third-order valence-electron chi connectivity index (χ3n) is 5.95. The molecule has 0 saturated heterocycles. The van der Waals surface area contributed by atoms with Gasteiger partial charge in [0.2, 0.25) is 0 Å². The van der Waals surface area contributed by atoms with Crippen LogP contribution in [0.15, 0.2) is 85.2 Å². The van der Waals surface area contributed by atoms with Crippen molar-refractivity contribution in [2.75, 3.05) is 5.32 Å². The van der Waals surface area contributed by atoms with Gasteiger partial charge in [-0.05, 0) is 54.3 Å². The number of hydrogen-bond donors (Lipinski definition) is 5. The second kappa shape index (κ2) is 12.4. The molecular formula is C28H26Cl2FN7O. The number of imidazole rings is 1. The molecule has 0 aliphatic heterocycles. The fraction of sp³-hybridized carbons (Fsp3) is 0.0714. The van der Waals surface area contributed by atoms with Crippen molar-refractivity contribution in [2.45, 2.75) is 13.0 Å². The highest BCUT2D eigenvalue weighted by atomic mass is 35.5. The summed E-state index contributed by atoms with van der Waals surface area (Å²) in [4.78, 5) is 25.4. The molecule has 39 heavy (non-hydrogen) atoms. The molecule has 5 rings (SSSR count). The molecule has 0 aliphatic carbocycles. The van der Waals surface area contributed by atoms with Gasteiger partial charge in [0.1, 0.15) is 11.5 Å². The number of carbonyl (C=O) groups excluding carboxylic acids is 1. The average Bonchev–Trinajstić information content (AvgIpc) is 3.39. The number of benzene rings is 3. The van der Waals surface area contributed by atoms with Crippen LogP contribution >= 0.6 is 24.8 Å². The number of carbonyl (C=O) groups is 1. The summed E-state index contributed by atoms with van der Waals surface area (Å²) in [5, 5.41) is 15.4. The summed E-state index contributed by atoms with van der Waals surface area (Å²) in [6.07, 6.45) is 3.47. The molecule has 200 valence electrons. The zero-order valence-electron chi connectivity index (χ0n) is 20.7. The van der Waals surface area contributed by atoms with Crippen molar-refractivity contribution >= 4 is 53.1 Å². The fourth-order valence-corrected chi connectivity index (χ4v) is 4.07. The topological polar surface area (TPSA) is 133 Å². The van der Waals surface area contributed by atoms with Crippen molar-refractivity contribution in [3.05, 3.63) is 102 Å². The standard InChI is InChI=1S/C28H24FN7O.2ClH/c1-16(17-6-8-22(29)9-7-17)34-27(37)21-10-20(11-23(12-21)35-28(30)31)25-15-33-26(36-25)24-13-18-4-2-3-5-19(18)14-32-24;;/h2-16H,1H3,(H,33,36)(H,34,37)(H4,30,31,35);2*1H/t16-;;/m1../s1. The van der Waals surface area contributed by atoms with Gasteiger partial charge in [0.05, 0.1) is 17.9 Å². The highest BCUT2D eigenvalue weighted by Crippen LogP contribution is 2.27. The second-order valence-electron chi connectivity index (χ2n) is 8.65. The molecule has 0 aliphatic rings. The van der Waals surface area contributed by atoms with Crippen LogP contribution < -0.4 is 16.4 Å². The first-order chi connectivity index (χ1) is 17.9. The van der Waals surface area contributed by atoms with E-state index in [-0.39, 0.29) is 48.5 Å². The van der Waals surface area contributed by atoms with Gasteiger partial charge >= 0.3 is 0 Å². The number of H-pyrrole nitrogens is 1. The van der Waals surface area contributed by atoms with Crippen LogP contribution in [-0.4, -0.2) is 26.8 Å². The van der Waals surface area contributed by atoms with Crippen LogP contribution in [0.4, 0.5) is 10.1 Å². The lowest BCUT2D eigenvalue weighted by atomic mass is 10.0. The summed E-state index contributed by atoms with van der Waals surface area (Å²) < 4.78 is 13.3. The Morgan fingerprint density at radius 3 is 2.41 bits per heavy atom. The molecule has 0 unspecified atom stereocenters. The van der Waals surface area contributed by atoms with Crippen molar-refractivity contribution in [3.63, 3.8) is 0 Å². The molecule has 0 saturated carbocycles. The maximum Gasteiger partial charge on any atom is 0.251 e. The number of halogens is 3. The molecule has 3 aromatic carbocycles. The number of nitrogens with two attached hydrogens (primary N) is 1. The highest BCUT2D eigenvalue weighted by molar-refractivity contribution is 5.99. The number of amides is 1. The maximum atomic E-state index is 13.3. The van der Waals surface area contributed by atoms with Gasteiger partial charge < -0.3 is 21.4 Å². The molecule has 2 aromatic heterocycles. The number of rotatable bonds is 6. The number of anilines is 1. The van der Waals surface area contributed by atoms with Gasteiger partial charge in [0.15, 0.2) is 11.8 Å². The van der Waals surface area contributed by atoms with Gasteiger partial charge in [-0.2, -0.15) is 0 Å². The molecule has 5 aromatic rings. The molecule has 0 radical (unpaired) electrons. The number of aromatic nitrogens is 3. The van der Waals surface area contributed by atoms with Gasteiger partial charge in [0.25, 0.3) is 5.91 Å². The zero-order valence-corrected chi connectivity index (χ0v) is 22.4. The van der Waals surface area contributed by atoms with Gasteiger partial charge in [-0.1, -0.05) is 36.4 Å². The summed E-state index contributed by atoms with van der Waals surface area (Å²) in [7, 11) is 0. The van der Waals surface area contributed by atoms with E-state index in [0.29, 0.717) is 34.0 Å². The quantitative estimate of drug-likeness (QED) is 0.126. The summed E-state index contributed by atoms with van der Waals surface area (Å²) >= 11 is 0. The van der Waals surface area contributed by atoms with E-state index in [2.05, 4.69) is 25.6 Å². The van der Waals surface area contributed by atoms with E-state index in [4.69, 9.17) is 11.1 Å². The second-order valence-corrected chi connectivity index (χ2v) is 8.65. The third-order valence-corrected chi connectivity index (χ3v) is 5.95. The Balaban J connectivity index is 0.00000210. The van der Waals surface area contributed by atoms with Crippen LogP contribution in [0.5, 0.6) is 0 Å². The molecule has 1 atom stereocenters. The Hall–Kier alpha value is -4.47. The van der Waals surface area contributed by atoms with E-state index < -0.39 is 0 Å². The van der Waals surface area contributed by atoms with Gasteiger partial charge in [-0.15, -0.1) is 24.8 Å². The van der Waals surface area contributed by atoms with E-state index in [9.17, 15) is 9.18 Å². The maximum absolute atomic E-state index is 13.3. The third kappa shape index (κ3) is 6.70. The lowest BCUT2D eigenvalue weighted by Gasteiger charge is -2.16. The van der Waals surface area contributed by atoms with Crippen molar-refractivity contribution in [1.82, 2.24) is 20.3 Å². The number of pyridine rings is 1. The van der Waals surface area contributed by atoms with E-state index in [1.165, 1.54) is 12.1 Å². The molecule has 11 heteroatoms. The first-order valence-electron chi connectivity index (χ1n) is 11.6. The van der Waals surface area contributed by atoms with E-state index in [1.807, 2.05) is 37.3 Å². The molecule has 0 spiro atoms. The van der Waals surface area contributed by atoms with E-state index in [1.54, 1.807) is 42.7 Å². The molecule has 0 fully saturated rings. The molecule has 8 nitrogen and oxygen atoms in total. The van der Waals surface area contributed by atoms with Crippen LogP contribution in [0.3, 0.4) is 0 Å². The van der Waals surface area contributed by atoms with E-state index >= 15 is 0 Å². The molecule has 0 bridgehead atoms. The monoisotopic (exact) mass is 565 g/mol. The van der Waals surface area contributed by atoms with Crippen molar-refractivity contribution in [3.8, 4) is 22.8 Å². The van der Waals surface area contributed by atoms with Crippen LogP contribution in [0, 0.1) is 11.2 Å². The first-order valence-corrected chi connectivity index (χ1v) is 11.6. The van der Waals surface area contributed by atoms with Crippen molar-refractivity contribution in [1.29, 1.82) is 5.41 Å². The van der Waals surface area contributed by atoms with E-state index in [0.717, 1.165) is 16.3 Å². The molecular weight excluding hydrogens is 540 g/mol. The van der Waals surface area contributed by atoms with Crippen molar-refractivity contribution < 1.29 is 9.18 Å². The summed E-state index contributed by atoms with van der Waals surface area (Å²) in [6.45, 7) is 1.82. The number of nitrogens with zero attached hydrogens (tertiary/aromatic N) is 2. The molecule has 1 amide bonds. The highest BCUT2D eigenvalue weighted by Gasteiger charge is 2.16. The minimum atomic E-state index is -0.348. The average molecular weight is 566 g/mol. The fourth-order valence-electron chi connectivity index (χ4n) is 4.07. The largest absolute Gasteiger partial charge is 0.370 e. The Morgan fingerprint density at radius 2 is 1.69 bits per heavy atom. The lowest BCUT2D eigenvalue weighted by molar-refractivity contribution is 0.0940. The first kappa shape index (κ1) is 29.1. The normalized spacial score (nSPS) is 11.1. The number of hydrogen-bond acceptors (Lipinski definition) is 4. The zero-order chi connectivity index (χ0) is 25.9. The van der Waals surface area contributed by atoms with Gasteiger partial charge in [0, 0.05) is 28.4 Å². The van der Waals surface area contributed by atoms with Crippen LogP contribution in [-0.2, 0) is 0 Å². The summed E-state index contributed by atoms with van der Waals surface area (Å²) in [5.74, 6) is -0.343. The summed E-state index contributed by atoms with van der Waals surface area (Å²) in [5.41, 5.74) is 9.18. The number of guanidine groups is 1. The summed E-state index contributed by atoms with van der Waals surface area (Å²) in [6, 6.07) is 20.6. The molecule has 6 N–H and O–H groups in total. The van der Waals surface area contributed by atoms with Crippen LogP contribution in [0.2, 0.25) is 0 Å². The number of aromatic amines is 1. The molecule has 2 heterocycles. The SMILES string of the molecule is C[C@@H](NC(=O)c1cc(NC(=N)N)cc(-c2cnc(-c3cc4ccccc4cn3)[nH]2)c1)c1ccc(F)cc1.Cl.Cl. The van der Waals surface area contributed by atoms with Crippen LogP contribution in [0.1, 0.15) is 28.9 Å². The predicted octanol–water partition coefficient (Wildman–Crippen LogP) is 6.07. The van der Waals surface area contributed by atoms with Gasteiger partial charge in [-0.3, -0.25) is 15.2 Å². The minimum Gasteiger partial charge on any atom is -0.370 e. The Kier molecular flexibility index (Phi) is 9.24. The minimum absolute atomic E-state index is 0. The lowest BCUT2D eigenvalue weighted by Crippen LogP contribution is -2.27. The Labute approximate surface area is 236 Å². The Bertz CT molecular complexity index is 1620. The van der Waals surface area contributed by atoms with Crippen molar-refractivity contribution in [2.24, 2.45) is 5.73 Å². The van der Waals surface area contributed by atoms with Gasteiger partial charge in [-0.25, -0.2) is 9.37 Å². The predicted molar refractivity (Wildman–Crippen MR) is 157 cm³/mol. The van der Waals surface area contributed by atoms with Crippen LogP contribution in [0.25, 0.3) is 33.5 Å². The number of nitrogens with one attached hydrogen (secondary N) is 4. The Morgan fingerprint density at radius 1 is 0.974 bits per heavy atom. The smallest absolute Gasteiger partial charge is 0.251 e. The number of fused-ring (bicyclic) bond motifs is 1.